The summed E-state index contributed by atoms with van der Waals surface area (Å²) in [6.45, 7) is 3.04. The van der Waals surface area contributed by atoms with Gasteiger partial charge in [-0.25, -0.2) is 9.98 Å². The quantitative estimate of drug-likeness (QED) is 0.277. The largest absolute Gasteiger partial charge is 0.493 e. The molecule has 0 atom stereocenters. The summed E-state index contributed by atoms with van der Waals surface area (Å²) in [7, 11) is 3.21. The third-order valence-corrected chi connectivity index (χ3v) is 3.97. The topological polar surface area (TPSA) is 80.9 Å². The van der Waals surface area contributed by atoms with Crippen LogP contribution in [0.15, 0.2) is 64.1 Å². The highest BCUT2D eigenvalue weighted by Crippen LogP contribution is 2.29. The number of rotatable bonds is 7. The molecule has 1 aromatic heterocycles. The lowest BCUT2D eigenvalue weighted by atomic mass is 10.2. The molecule has 2 aromatic carbocycles. The summed E-state index contributed by atoms with van der Waals surface area (Å²) in [6.07, 6.45) is 1.72. The Bertz CT molecular complexity index is 929. The second-order valence-corrected chi connectivity index (χ2v) is 5.87. The van der Waals surface area contributed by atoms with Gasteiger partial charge in [0.2, 0.25) is 5.89 Å². The van der Waals surface area contributed by atoms with Crippen LogP contribution in [-0.2, 0) is 6.54 Å². The van der Waals surface area contributed by atoms with E-state index >= 15 is 0 Å². The first-order valence-corrected chi connectivity index (χ1v) is 9.01. The van der Waals surface area contributed by atoms with Gasteiger partial charge in [0.25, 0.3) is 0 Å². The SMILES string of the molecule is CCNC(=NCc1ncc(-c2ccccc2)o1)Nc1ccc(OC)c(OC)c1.I. The molecule has 0 saturated carbocycles. The summed E-state index contributed by atoms with van der Waals surface area (Å²) in [5, 5.41) is 6.45. The predicted molar refractivity (Wildman–Crippen MR) is 125 cm³/mol. The summed E-state index contributed by atoms with van der Waals surface area (Å²) in [6, 6.07) is 15.4. The van der Waals surface area contributed by atoms with E-state index in [4.69, 9.17) is 13.9 Å². The van der Waals surface area contributed by atoms with Crippen LogP contribution in [-0.4, -0.2) is 31.7 Å². The number of benzene rings is 2. The predicted octanol–water partition coefficient (Wildman–Crippen LogP) is 4.55. The Balaban J connectivity index is 0.00000300. The molecule has 0 bridgehead atoms. The molecule has 0 aliphatic rings. The smallest absolute Gasteiger partial charge is 0.216 e. The molecule has 3 aromatic rings. The molecule has 1 heterocycles. The number of hydrogen-bond acceptors (Lipinski definition) is 5. The van der Waals surface area contributed by atoms with Gasteiger partial charge in [-0.15, -0.1) is 24.0 Å². The van der Waals surface area contributed by atoms with Crippen molar-refractivity contribution >= 4 is 35.6 Å². The number of anilines is 1. The molecule has 0 unspecified atom stereocenters. The van der Waals surface area contributed by atoms with Crippen LogP contribution in [0.3, 0.4) is 0 Å². The second kappa shape index (κ2) is 11.3. The van der Waals surface area contributed by atoms with Gasteiger partial charge < -0.3 is 24.5 Å². The minimum Gasteiger partial charge on any atom is -0.493 e. The lowest BCUT2D eigenvalue weighted by Gasteiger charge is -2.13. The number of halogens is 1. The van der Waals surface area contributed by atoms with Crippen LogP contribution in [0.2, 0.25) is 0 Å². The fourth-order valence-corrected chi connectivity index (χ4v) is 2.62. The van der Waals surface area contributed by atoms with E-state index < -0.39 is 0 Å². The molecule has 7 nitrogen and oxygen atoms in total. The summed E-state index contributed by atoms with van der Waals surface area (Å²) in [4.78, 5) is 8.87. The molecule has 0 saturated heterocycles. The number of guanidine groups is 1. The maximum absolute atomic E-state index is 5.80. The molecule has 0 aliphatic carbocycles. The van der Waals surface area contributed by atoms with E-state index in [1.165, 1.54) is 0 Å². The van der Waals surface area contributed by atoms with Crippen molar-refractivity contribution in [3.8, 4) is 22.8 Å². The van der Waals surface area contributed by atoms with Crippen molar-refractivity contribution in [3.05, 3.63) is 60.6 Å². The fraction of sp³-hybridized carbons (Fsp3) is 0.238. The first-order chi connectivity index (χ1) is 13.7. The Hall–Kier alpha value is -2.75. The molecule has 3 rings (SSSR count). The molecular weight excluding hydrogens is 483 g/mol. The minimum atomic E-state index is 0. The standard InChI is InChI=1S/C21H24N4O3.HI/c1-4-22-21(25-16-10-11-17(26-2)18(12-16)27-3)24-14-20-23-13-19(28-20)15-8-6-5-7-9-15;/h5-13H,4,14H2,1-3H3,(H2,22,24,25);1H. The Labute approximate surface area is 187 Å². The summed E-state index contributed by atoms with van der Waals surface area (Å²) in [5.41, 5.74) is 1.82. The Morgan fingerprint density at radius 2 is 1.83 bits per heavy atom. The zero-order chi connectivity index (χ0) is 19.8. The Kier molecular flexibility index (Phi) is 8.78. The van der Waals surface area contributed by atoms with Gasteiger partial charge in [-0.2, -0.15) is 0 Å². The zero-order valence-electron chi connectivity index (χ0n) is 16.6. The van der Waals surface area contributed by atoms with Crippen LogP contribution in [0.25, 0.3) is 11.3 Å². The van der Waals surface area contributed by atoms with E-state index in [9.17, 15) is 0 Å². The summed E-state index contributed by atoms with van der Waals surface area (Å²) >= 11 is 0. The average Bonchev–Trinajstić information content (AvgIpc) is 3.22. The molecule has 0 spiro atoms. The van der Waals surface area contributed by atoms with Gasteiger partial charge >= 0.3 is 0 Å². The maximum Gasteiger partial charge on any atom is 0.216 e. The molecule has 0 radical (unpaired) electrons. The van der Waals surface area contributed by atoms with E-state index in [2.05, 4.69) is 20.6 Å². The van der Waals surface area contributed by atoms with Crippen LogP contribution in [0.1, 0.15) is 12.8 Å². The normalized spacial score (nSPS) is 10.8. The number of oxazole rings is 1. The van der Waals surface area contributed by atoms with Crippen molar-refractivity contribution in [2.75, 3.05) is 26.1 Å². The number of nitrogens with one attached hydrogen (secondary N) is 2. The van der Waals surface area contributed by atoms with Gasteiger partial charge in [0.1, 0.15) is 6.54 Å². The van der Waals surface area contributed by atoms with Crippen molar-refractivity contribution in [2.24, 2.45) is 4.99 Å². The van der Waals surface area contributed by atoms with E-state index in [-0.39, 0.29) is 24.0 Å². The van der Waals surface area contributed by atoms with E-state index in [0.717, 1.165) is 23.6 Å². The Morgan fingerprint density at radius 3 is 2.52 bits per heavy atom. The third-order valence-electron chi connectivity index (χ3n) is 3.97. The molecular formula is C21H25IN4O3. The number of ether oxygens (including phenoxy) is 2. The molecule has 0 aliphatic heterocycles. The lowest BCUT2D eigenvalue weighted by Crippen LogP contribution is -2.30. The van der Waals surface area contributed by atoms with Crippen LogP contribution in [0, 0.1) is 0 Å². The number of methoxy groups -OCH3 is 2. The summed E-state index contributed by atoms with van der Waals surface area (Å²) in [5.74, 6) is 3.20. The van der Waals surface area contributed by atoms with Crippen LogP contribution in [0.4, 0.5) is 5.69 Å². The molecule has 0 amide bonds. The first-order valence-electron chi connectivity index (χ1n) is 9.01. The second-order valence-electron chi connectivity index (χ2n) is 5.87. The van der Waals surface area contributed by atoms with E-state index in [1.807, 2.05) is 55.5 Å². The Morgan fingerprint density at radius 1 is 1.07 bits per heavy atom. The van der Waals surface area contributed by atoms with E-state index in [0.29, 0.717) is 29.9 Å². The van der Waals surface area contributed by atoms with Gasteiger partial charge in [-0.05, 0) is 19.1 Å². The molecule has 154 valence electrons. The molecule has 0 fully saturated rings. The molecule has 2 N–H and O–H groups in total. The highest BCUT2D eigenvalue weighted by atomic mass is 127. The van der Waals surface area contributed by atoms with Crippen LogP contribution < -0.4 is 20.1 Å². The third kappa shape index (κ3) is 6.11. The van der Waals surface area contributed by atoms with Gasteiger partial charge in [-0.1, -0.05) is 30.3 Å². The fourth-order valence-electron chi connectivity index (χ4n) is 2.62. The minimum absolute atomic E-state index is 0. The molecule has 29 heavy (non-hydrogen) atoms. The van der Waals surface area contributed by atoms with Crippen molar-refractivity contribution in [1.82, 2.24) is 10.3 Å². The van der Waals surface area contributed by atoms with Crippen LogP contribution in [0.5, 0.6) is 11.5 Å². The van der Waals surface area contributed by atoms with Crippen molar-refractivity contribution in [2.45, 2.75) is 13.5 Å². The van der Waals surface area contributed by atoms with E-state index in [1.54, 1.807) is 20.4 Å². The lowest BCUT2D eigenvalue weighted by molar-refractivity contribution is 0.355. The number of nitrogens with zero attached hydrogens (tertiary/aromatic N) is 2. The summed E-state index contributed by atoms with van der Waals surface area (Å²) < 4.78 is 16.4. The molecule has 8 heteroatoms. The number of aliphatic imine (C=N–C) groups is 1. The number of aromatic nitrogens is 1. The van der Waals surface area contributed by atoms with Gasteiger partial charge in [0, 0.05) is 23.9 Å². The van der Waals surface area contributed by atoms with Crippen molar-refractivity contribution < 1.29 is 13.9 Å². The zero-order valence-corrected chi connectivity index (χ0v) is 19.0. The van der Waals surface area contributed by atoms with Gasteiger partial charge in [0.15, 0.2) is 23.2 Å². The monoisotopic (exact) mass is 508 g/mol. The highest BCUT2D eigenvalue weighted by molar-refractivity contribution is 14.0. The highest BCUT2D eigenvalue weighted by Gasteiger charge is 2.08. The van der Waals surface area contributed by atoms with Gasteiger partial charge in [-0.3, -0.25) is 0 Å². The van der Waals surface area contributed by atoms with Crippen LogP contribution >= 0.6 is 24.0 Å². The van der Waals surface area contributed by atoms with Crippen molar-refractivity contribution in [3.63, 3.8) is 0 Å². The first kappa shape index (κ1) is 22.5. The van der Waals surface area contributed by atoms with Gasteiger partial charge in [0.05, 0.1) is 20.4 Å². The maximum atomic E-state index is 5.80. The average molecular weight is 508 g/mol. The number of hydrogen-bond donors (Lipinski definition) is 2. The van der Waals surface area contributed by atoms with Crippen molar-refractivity contribution in [1.29, 1.82) is 0 Å².